The highest BCUT2D eigenvalue weighted by molar-refractivity contribution is 5.17. The van der Waals surface area contributed by atoms with Crippen molar-refractivity contribution in [2.45, 2.75) is 54.0 Å². The fourth-order valence-electron chi connectivity index (χ4n) is 2.00. The van der Waals surface area contributed by atoms with Crippen molar-refractivity contribution in [3.63, 3.8) is 0 Å². The van der Waals surface area contributed by atoms with E-state index in [1.807, 2.05) is 13.1 Å². The maximum atomic E-state index is 5.66. The molecule has 0 saturated heterocycles. The molecule has 114 valence electrons. The van der Waals surface area contributed by atoms with Crippen LogP contribution in [-0.4, -0.2) is 23.1 Å². The van der Waals surface area contributed by atoms with Crippen LogP contribution in [0.1, 0.15) is 51.8 Å². The molecule has 1 unspecified atom stereocenters. The van der Waals surface area contributed by atoms with Crippen molar-refractivity contribution < 1.29 is 4.74 Å². The first-order chi connectivity index (χ1) is 9.52. The van der Waals surface area contributed by atoms with Gasteiger partial charge in [0.25, 0.3) is 0 Å². The van der Waals surface area contributed by atoms with Crippen LogP contribution in [0.2, 0.25) is 0 Å². The zero-order valence-corrected chi connectivity index (χ0v) is 13.6. The van der Waals surface area contributed by atoms with Gasteiger partial charge in [-0.25, -0.2) is 9.97 Å². The summed E-state index contributed by atoms with van der Waals surface area (Å²) in [6, 6.07) is 0.498. The number of aryl methyl sites for hydroxylation is 1. The van der Waals surface area contributed by atoms with E-state index in [-0.39, 0.29) is 0 Å². The van der Waals surface area contributed by atoms with E-state index in [9.17, 15) is 0 Å². The molecule has 1 aromatic rings. The van der Waals surface area contributed by atoms with Gasteiger partial charge in [-0.15, -0.1) is 0 Å². The van der Waals surface area contributed by atoms with Crippen molar-refractivity contribution in [2.24, 2.45) is 11.8 Å². The Bertz CT molecular complexity index is 393. The van der Waals surface area contributed by atoms with E-state index in [4.69, 9.17) is 4.74 Å². The first-order valence-electron chi connectivity index (χ1n) is 7.69. The van der Waals surface area contributed by atoms with Gasteiger partial charge in [0.2, 0.25) is 0 Å². The Kier molecular flexibility index (Phi) is 7.52. The molecular formula is C16H29N3O. The minimum absolute atomic E-state index is 0.498. The van der Waals surface area contributed by atoms with E-state index >= 15 is 0 Å². The van der Waals surface area contributed by atoms with Crippen molar-refractivity contribution in [1.29, 1.82) is 0 Å². The van der Waals surface area contributed by atoms with Gasteiger partial charge >= 0.3 is 6.01 Å². The topological polar surface area (TPSA) is 47.0 Å². The van der Waals surface area contributed by atoms with E-state index < -0.39 is 0 Å². The molecule has 0 radical (unpaired) electrons. The second-order valence-corrected chi connectivity index (χ2v) is 5.99. The highest BCUT2D eigenvalue weighted by Crippen LogP contribution is 2.11. The highest BCUT2D eigenvalue weighted by Gasteiger charge is 2.07. The van der Waals surface area contributed by atoms with E-state index in [0.717, 1.165) is 24.3 Å². The lowest BCUT2D eigenvalue weighted by molar-refractivity contribution is 0.233. The van der Waals surface area contributed by atoms with Gasteiger partial charge in [-0.05, 0) is 31.7 Å². The maximum absolute atomic E-state index is 5.66. The molecule has 4 nitrogen and oxygen atoms in total. The molecule has 1 rings (SSSR count). The van der Waals surface area contributed by atoms with Crippen molar-refractivity contribution in [3.8, 4) is 6.01 Å². The molecular weight excluding hydrogens is 250 g/mol. The third-order valence-electron chi connectivity index (χ3n) is 3.21. The molecule has 0 bridgehead atoms. The Hall–Kier alpha value is -1.16. The molecule has 0 saturated carbocycles. The predicted octanol–water partition coefficient (Wildman–Crippen LogP) is 3.35. The molecule has 0 aliphatic rings. The van der Waals surface area contributed by atoms with Crippen LogP contribution >= 0.6 is 0 Å². The average molecular weight is 279 g/mol. The van der Waals surface area contributed by atoms with Gasteiger partial charge in [0.05, 0.1) is 6.61 Å². The number of nitrogens with one attached hydrogen (secondary N) is 1. The van der Waals surface area contributed by atoms with Crippen LogP contribution in [0.5, 0.6) is 6.01 Å². The van der Waals surface area contributed by atoms with Crippen molar-refractivity contribution >= 4 is 0 Å². The molecule has 0 spiro atoms. The Morgan fingerprint density at radius 1 is 1.30 bits per heavy atom. The summed E-state index contributed by atoms with van der Waals surface area (Å²) in [5, 5.41) is 3.41. The molecule has 0 aliphatic carbocycles. The summed E-state index contributed by atoms with van der Waals surface area (Å²) in [6.07, 6.45) is 4.23. The van der Waals surface area contributed by atoms with Crippen LogP contribution in [0, 0.1) is 18.8 Å². The number of hydrogen-bond acceptors (Lipinski definition) is 4. The van der Waals surface area contributed by atoms with Gasteiger partial charge in [0.15, 0.2) is 0 Å². The number of nitrogens with zero attached hydrogens (tertiary/aromatic N) is 2. The molecule has 20 heavy (non-hydrogen) atoms. The average Bonchev–Trinajstić information content (AvgIpc) is 2.38. The fourth-order valence-corrected chi connectivity index (χ4v) is 2.00. The Morgan fingerprint density at radius 2 is 2.05 bits per heavy atom. The molecule has 0 amide bonds. The Labute approximate surface area is 123 Å². The molecule has 4 heteroatoms. The van der Waals surface area contributed by atoms with Gasteiger partial charge in [-0.1, -0.05) is 34.1 Å². The van der Waals surface area contributed by atoms with Crippen LogP contribution in [0.25, 0.3) is 0 Å². The molecule has 0 fully saturated rings. The Morgan fingerprint density at radius 3 is 2.65 bits per heavy atom. The summed E-state index contributed by atoms with van der Waals surface area (Å²) in [7, 11) is 0. The second kappa shape index (κ2) is 8.90. The summed E-state index contributed by atoms with van der Waals surface area (Å²) >= 11 is 0. The van der Waals surface area contributed by atoms with Crippen LogP contribution in [-0.2, 0) is 6.54 Å². The first-order valence-corrected chi connectivity index (χ1v) is 7.69. The fraction of sp³-hybridized carbons (Fsp3) is 0.750. The van der Waals surface area contributed by atoms with Gasteiger partial charge in [-0.2, -0.15) is 0 Å². The largest absolute Gasteiger partial charge is 0.463 e. The van der Waals surface area contributed by atoms with Crippen molar-refractivity contribution in [2.75, 3.05) is 13.2 Å². The zero-order valence-electron chi connectivity index (χ0n) is 13.6. The lowest BCUT2D eigenvalue weighted by Crippen LogP contribution is -2.20. The quantitative estimate of drug-likeness (QED) is 0.753. The summed E-state index contributed by atoms with van der Waals surface area (Å²) in [5.41, 5.74) is 2.13. The molecule has 1 N–H and O–H groups in total. The monoisotopic (exact) mass is 279 g/mol. The van der Waals surface area contributed by atoms with Gasteiger partial charge in [0, 0.05) is 24.0 Å². The standard InChI is InChI=1S/C16H29N3O/c1-6-7-13(4)11-20-16-18-10-15(14(5)19-16)9-17-8-12(2)3/h10,12-13,17H,6-9,11H2,1-5H3. The van der Waals surface area contributed by atoms with Crippen LogP contribution in [0.3, 0.4) is 0 Å². The summed E-state index contributed by atoms with van der Waals surface area (Å²) in [5.74, 6) is 1.20. The number of rotatable bonds is 9. The third-order valence-corrected chi connectivity index (χ3v) is 3.21. The second-order valence-electron chi connectivity index (χ2n) is 5.99. The van der Waals surface area contributed by atoms with Crippen LogP contribution < -0.4 is 10.1 Å². The van der Waals surface area contributed by atoms with Gasteiger partial charge < -0.3 is 10.1 Å². The maximum Gasteiger partial charge on any atom is 0.316 e. The van der Waals surface area contributed by atoms with Gasteiger partial charge in [-0.3, -0.25) is 0 Å². The summed E-state index contributed by atoms with van der Waals surface area (Å²) in [4.78, 5) is 8.73. The SMILES string of the molecule is CCCC(C)COc1ncc(CNCC(C)C)c(C)n1. The number of ether oxygens (including phenoxy) is 1. The van der Waals surface area contributed by atoms with E-state index in [2.05, 4.69) is 43.0 Å². The van der Waals surface area contributed by atoms with Crippen molar-refractivity contribution in [1.82, 2.24) is 15.3 Å². The summed E-state index contributed by atoms with van der Waals surface area (Å²) < 4.78 is 5.66. The first kappa shape index (κ1) is 16.9. The molecule has 1 heterocycles. The summed E-state index contributed by atoms with van der Waals surface area (Å²) in [6.45, 7) is 13.3. The highest BCUT2D eigenvalue weighted by atomic mass is 16.5. The minimum atomic E-state index is 0.498. The van der Waals surface area contributed by atoms with E-state index in [0.29, 0.717) is 24.5 Å². The van der Waals surface area contributed by atoms with Crippen LogP contribution in [0.4, 0.5) is 0 Å². The molecule has 1 atom stereocenters. The third kappa shape index (κ3) is 6.33. The lowest BCUT2D eigenvalue weighted by Gasteiger charge is -2.12. The number of hydrogen-bond donors (Lipinski definition) is 1. The van der Waals surface area contributed by atoms with Crippen LogP contribution in [0.15, 0.2) is 6.20 Å². The molecule has 0 aliphatic heterocycles. The Balaban J connectivity index is 2.46. The predicted molar refractivity (Wildman–Crippen MR) is 82.9 cm³/mol. The minimum Gasteiger partial charge on any atom is -0.463 e. The van der Waals surface area contributed by atoms with E-state index in [1.165, 1.54) is 12.8 Å². The van der Waals surface area contributed by atoms with E-state index in [1.54, 1.807) is 0 Å². The normalized spacial score (nSPS) is 12.7. The smallest absolute Gasteiger partial charge is 0.316 e. The van der Waals surface area contributed by atoms with Crippen molar-refractivity contribution in [3.05, 3.63) is 17.5 Å². The lowest BCUT2D eigenvalue weighted by atomic mass is 10.1. The zero-order chi connectivity index (χ0) is 15.0. The number of aromatic nitrogens is 2. The molecule has 1 aromatic heterocycles. The van der Waals surface area contributed by atoms with Gasteiger partial charge in [0.1, 0.15) is 0 Å². The molecule has 0 aromatic carbocycles.